The van der Waals surface area contributed by atoms with Crippen LogP contribution < -0.4 is 5.32 Å². The lowest BCUT2D eigenvalue weighted by molar-refractivity contribution is -0.385. The Bertz CT molecular complexity index is 554. The minimum Gasteiger partial charge on any atom is -0.452 e. The molecule has 0 aliphatic carbocycles. The third-order valence-electron chi connectivity index (χ3n) is 2.67. The number of amides is 1. The van der Waals surface area contributed by atoms with Gasteiger partial charge in [-0.15, -0.1) is 0 Å². The van der Waals surface area contributed by atoms with Gasteiger partial charge in [0.05, 0.1) is 10.5 Å². The highest BCUT2D eigenvalue weighted by Gasteiger charge is 2.15. The van der Waals surface area contributed by atoms with E-state index in [0.29, 0.717) is 18.0 Å². The number of carbonyl (C=O) groups excluding carboxylic acids is 2. The maximum atomic E-state index is 11.7. The van der Waals surface area contributed by atoms with Crippen molar-refractivity contribution in [1.29, 1.82) is 0 Å². The first kappa shape index (κ1) is 16.6. The Labute approximate surface area is 122 Å². The average Bonchev–Trinajstić information content (AvgIpc) is 2.41. The van der Waals surface area contributed by atoms with Gasteiger partial charge in [0, 0.05) is 18.2 Å². The van der Waals surface area contributed by atoms with Crippen molar-refractivity contribution in [3.8, 4) is 0 Å². The molecule has 7 nitrogen and oxygen atoms in total. The third kappa shape index (κ3) is 5.21. The molecule has 0 spiro atoms. The van der Waals surface area contributed by atoms with Crippen LogP contribution in [0.5, 0.6) is 0 Å². The molecule has 0 radical (unpaired) electrons. The van der Waals surface area contributed by atoms with E-state index >= 15 is 0 Å². The second-order valence-corrected chi connectivity index (χ2v) is 5.03. The van der Waals surface area contributed by atoms with Crippen molar-refractivity contribution in [1.82, 2.24) is 5.32 Å². The van der Waals surface area contributed by atoms with Crippen LogP contribution in [0.4, 0.5) is 5.69 Å². The summed E-state index contributed by atoms with van der Waals surface area (Å²) in [5, 5.41) is 13.3. The van der Waals surface area contributed by atoms with Gasteiger partial charge in [0.1, 0.15) is 0 Å². The molecule has 1 N–H and O–H groups in total. The van der Waals surface area contributed by atoms with E-state index in [1.807, 2.05) is 13.8 Å². The minimum atomic E-state index is -0.687. The maximum Gasteiger partial charge on any atom is 0.338 e. The van der Waals surface area contributed by atoms with Crippen LogP contribution in [0.15, 0.2) is 18.2 Å². The van der Waals surface area contributed by atoms with Gasteiger partial charge in [0.15, 0.2) is 6.61 Å². The maximum absolute atomic E-state index is 11.7. The van der Waals surface area contributed by atoms with Crippen LogP contribution >= 0.6 is 0 Å². The fourth-order valence-corrected chi connectivity index (χ4v) is 1.57. The second kappa shape index (κ2) is 7.37. The zero-order chi connectivity index (χ0) is 16.0. The van der Waals surface area contributed by atoms with Crippen molar-refractivity contribution >= 4 is 17.6 Å². The smallest absolute Gasteiger partial charge is 0.338 e. The highest BCUT2D eigenvalue weighted by molar-refractivity contribution is 5.91. The van der Waals surface area contributed by atoms with Crippen molar-refractivity contribution < 1.29 is 19.2 Å². The topological polar surface area (TPSA) is 98.5 Å². The Morgan fingerprint density at radius 3 is 2.57 bits per heavy atom. The monoisotopic (exact) mass is 294 g/mol. The van der Waals surface area contributed by atoms with Crippen molar-refractivity contribution in [2.45, 2.75) is 20.8 Å². The van der Waals surface area contributed by atoms with E-state index in [1.165, 1.54) is 25.1 Å². The van der Waals surface area contributed by atoms with Crippen LogP contribution in [-0.4, -0.2) is 30.0 Å². The van der Waals surface area contributed by atoms with Crippen molar-refractivity contribution in [3.63, 3.8) is 0 Å². The molecule has 0 unspecified atom stereocenters. The van der Waals surface area contributed by atoms with E-state index in [1.54, 1.807) is 0 Å². The van der Waals surface area contributed by atoms with Crippen LogP contribution in [0, 0.1) is 23.0 Å². The van der Waals surface area contributed by atoms with Crippen molar-refractivity contribution in [2.24, 2.45) is 5.92 Å². The highest BCUT2D eigenvalue weighted by Crippen LogP contribution is 2.19. The average molecular weight is 294 g/mol. The van der Waals surface area contributed by atoms with Gasteiger partial charge in [0.2, 0.25) is 0 Å². The van der Waals surface area contributed by atoms with Gasteiger partial charge in [-0.3, -0.25) is 14.9 Å². The Kier molecular flexibility index (Phi) is 5.83. The van der Waals surface area contributed by atoms with E-state index in [9.17, 15) is 19.7 Å². The highest BCUT2D eigenvalue weighted by atomic mass is 16.6. The predicted octanol–water partition coefficient (Wildman–Crippen LogP) is 1.83. The first-order valence-electron chi connectivity index (χ1n) is 6.50. The van der Waals surface area contributed by atoms with Gasteiger partial charge in [-0.25, -0.2) is 4.79 Å². The number of ether oxygens (including phenoxy) is 1. The Balaban J connectivity index is 2.58. The van der Waals surface area contributed by atoms with Gasteiger partial charge in [0.25, 0.3) is 11.6 Å². The number of nitro groups is 1. The zero-order valence-corrected chi connectivity index (χ0v) is 12.2. The molecule has 0 aliphatic rings. The number of carbonyl (C=O) groups is 2. The van der Waals surface area contributed by atoms with Gasteiger partial charge in [-0.2, -0.15) is 0 Å². The SMILES string of the molecule is Cc1cc(C(=O)OCC(=O)NCC(C)C)ccc1[N+](=O)[O-]. The molecule has 0 fully saturated rings. The number of rotatable bonds is 6. The Hall–Kier alpha value is -2.44. The molecule has 1 amide bonds. The summed E-state index contributed by atoms with van der Waals surface area (Å²) in [6.45, 7) is 5.57. The van der Waals surface area contributed by atoms with Gasteiger partial charge >= 0.3 is 5.97 Å². The molecular weight excluding hydrogens is 276 g/mol. The van der Waals surface area contributed by atoms with E-state index in [2.05, 4.69) is 5.32 Å². The van der Waals surface area contributed by atoms with Gasteiger partial charge in [-0.05, 0) is 25.0 Å². The number of hydrogen-bond donors (Lipinski definition) is 1. The third-order valence-corrected chi connectivity index (χ3v) is 2.67. The van der Waals surface area contributed by atoms with Crippen LogP contribution in [0.25, 0.3) is 0 Å². The molecule has 0 saturated carbocycles. The van der Waals surface area contributed by atoms with E-state index < -0.39 is 10.9 Å². The largest absolute Gasteiger partial charge is 0.452 e. The Morgan fingerprint density at radius 1 is 1.38 bits per heavy atom. The number of benzene rings is 1. The lowest BCUT2D eigenvalue weighted by Gasteiger charge is -2.08. The molecule has 0 aliphatic heterocycles. The summed E-state index contributed by atoms with van der Waals surface area (Å²) in [6, 6.07) is 3.91. The van der Waals surface area contributed by atoms with Crippen LogP contribution in [-0.2, 0) is 9.53 Å². The molecular formula is C14H18N2O5. The summed E-state index contributed by atoms with van der Waals surface area (Å²) in [7, 11) is 0. The molecule has 0 saturated heterocycles. The van der Waals surface area contributed by atoms with Crippen LogP contribution in [0.1, 0.15) is 29.8 Å². The summed E-state index contributed by atoms with van der Waals surface area (Å²) in [5.74, 6) is -0.759. The molecule has 0 bridgehead atoms. The number of hydrogen-bond acceptors (Lipinski definition) is 5. The quantitative estimate of drug-likeness (QED) is 0.490. The zero-order valence-electron chi connectivity index (χ0n) is 12.2. The molecule has 0 heterocycles. The van der Waals surface area contributed by atoms with Crippen LogP contribution in [0.2, 0.25) is 0 Å². The fraction of sp³-hybridized carbons (Fsp3) is 0.429. The summed E-state index contributed by atoms with van der Waals surface area (Å²) < 4.78 is 4.86. The molecule has 0 aromatic heterocycles. The van der Waals surface area contributed by atoms with E-state index in [0.717, 1.165) is 0 Å². The lowest BCUT2D eigenvalue weighted by atomic mass is 10.1. The van der Waals surface area contributed by atoms with Crippen molar-refractivity contribution in [2.75, 3.05) is 13.2 Å². The summed E-state index contributed by atoms with van der Waals surface area (Å²) in [6.07, 6.45) is 0. The summed E-state index contributed by atoms with van der Waals surface area (Å²) in [4.78, 5) is 33.3. The van der Waals surface area contributed by atoms with E-state index in [-0.39, 0.29) is 23.8 Å². The molecule has 114 valence electrons. The normalized spacial score (nSPS) is 10.3. The molecule has 1 aromatic carbocycles. The minimum absolute atomic E-state index is 0.0683. The first-order chi connectivity index (χ1) is 9.81. The molecule has 21 heavy (non-hydrogen) atoms. The standard InChI is InChI=1S/C14H18N2O5/c1-9(2)7-15-13(17)8-21-14(18)11-4-5-12(16(19)20)10(3)6-11/h4-6,9H,7-8H2,1-3H3,(H,15,17). The molecule has 0 atom stereocenters. The van der Waals surface area contributed by atoms with Gasteiger partial charge in [-0.1, -0.05) is 13.8 Å². The number of aryl methyl sites for hydroxylation is 1. The van der Waals surface area contributed by atoms with Crippen LogP contribution in [0.3, 0.4) is 0 Å². The molecule has 1 aromatic rings. The lowest BCUT2D eigenvalue weighted by Crippen LogP contribution is -2.31. The first-order valence-corrected chi connectivity index (χ1v) is 6.50. The van der Waals surface area contributed by atoms with Gasteiger partial charge < -0.3 is 10.1 Å². The Morgan fingerprint density at radius 2 is 2.05 bits per heavy atom. The number of esters is 1. The molecule has 1 rings (SSSR count). The summed E-state index contributed by atoms with van der Waals surface area (Å²) in [5.41, 5.74) is 0.467. The number of nitro benzene ring substituents is 1. The van der Waals surface area contributed by atoms with Crippen molar-refractivity contribution in [3.05, 3.63) is 39.4 Å². The molecule has 7 heteroatoms. The predicted molar refractivity (Wildman–Crippen MR) is 76.0 cm³/mol. The number of nitrogens with one attached hydrogen (secondary N) is 1. The summed E-state index contributed by atoms with van der Waals surface area (Å²) >= 11 is 0. The van der Waals surface area contributed by atoms with E-state index in [4.69, 9.17) is 4.74 Å². The number of nitrogens with zero attached hydrogens (tertiary/aromatic N) is 1. The second-order valence-electron chi connectivity index (χ2n) is 5.03. The fourth-order valence-electron chi connectivity index (χ4n) is 1.57.